The Hall–Kier alpha value is -2.64. The number of nitrogens with zero attached hydrogens (tertiary/aromatic N) is 2. The number of H-pyrrole nitrogens is 1. The standard InChI is InChI=1S/C20H32N6O6S/c1-11(27)16(25-17(28)13(21)8-12-9-22-10-23-12)18(29)24-14(5-7-33-2)19(30)26-6-3-4-15(26)20(31)32/h9-11,13-16,27H,3-8,21H2,1-2H3,(H,22,23)(H,24,29)(H,25,28)(H,31,32). The van der Waals surface area contributed by atoms with Gasteiger partial charge in [0.05, 0.1) is 18.5 Å². The van der Waals surface area contributed by atoms with Crippen molar-refractivity contribution in [1.82, 2.24) is 25.5 Å². The molecule has 5 unspecified atom stereocenters. The number of carbonyl (C=O) groups is 4. The van der Waals surface area contributed by atoms with E-state index < -0.39 is 54.0 Å². The number of carboxylic acid groups (broad SMARTS) is 1. The molecule has 0 bridgehead atoms. The maximum Gasteiger partial charge on any atom is 0.326 e. The van der Waals surface area contributed by atoms with Gasteiger partial charge < -0.3 is 36.5 Å². The predicted molar refractivity (Wildman–Crippen MR) is 121 cm³/mol. The Morgan fingerprint density at radius 3 is 2.64 bits per heavy atom. The fourth-order valence-corrected chi connectivity index (χ4v) is 4.10. The van der Waals surface area contributed by atoms with E-state index in [1.54, 1.807) is 0 Å². The molecular formula is C20H32N6O6S. The topological polar surface area (TPSA) is 191 Å². The van der Waals surface area contributed by atoms with E-state index in [-0.39, 0.29) is 12.8 Å². The van der Waals surface area contributed by atoms with Gasteiger partial charge in [-0.05, 0) is 38.2 Å². The molecule has 1 aliphatic heterocycles. The van der Waals surface area contributed by atoms with Crippen LogP contribution in [0.2, 0.25) is 0 Å². The van der Waals surface area contributed by atoms with Crippen molar-refractivity contribution < 1.29 is 29.4 Å². The summed E-state index contributed by atoms with van der Waals surface area (Å²) in [6, 6.07) is -4.25. The van der Waals surface area contributed by atoms with E-state index in [1.165, 1.54) is 36.1 Å². The minimum absolute atomic E-state index is 0.153. The summed E-state index contributed by atoms with van der Waals surface area (Å²) >= 11 is 1.47. The zero-order valence-electron chi connectivity index (χ0n) is 18.7. The number of hydrogen-bond acceptors (Lipinski definition) is 8. The molecule has 184 valence electrons. The van der Waals surface area contributed by atoms with Crippen LogP contribution in [0.5, 0.6) is 0 Å². The summed E-state index contributed by atoms with van der Waals surface area (Å²) in [6.07, 6.45) is 4.90. The number of aliphatic hydroxyl groups is 1. The lowest BCUT2D eigenvalue weighted by molar-refractivity contribution is -0.149. The normalized spacial score (nSPS) is 19.4. The van der Waals surface area contributed by atoms with Crippen LogP contribution in [0.15, 0.2) is 12.5 Å². The number of nitrogens with one attached hydrogen (secondary N) is 3. The minimum atomic E-state index is -1.34. The summed E-state index contributed by atoms with van der Waals surface area (Å²) in [6.45, 7) is 1.63. The maximum absolute atomic E-state index is 13.1. The summed E-state index contributed by atoms with van der Waals surface area (Å²) in [5.41, 5.74) is 6.54. The van der Waals surface area contributed by atoms with Crippen molar-refractivity contribution in [3.05, 3.63) is 18.2 Å². The molecule has 33 heavy (non-hydrogen) atoms. The van der Waals surface area contributed by atoms with E-state index in [1.807, 2.05) is 6.26 Å². The number of likely N-dealkylation sites (tertiary alicyclic amines) is 1. The molecule has 2 rings (SSSR count). The minimum Gasteiger partial charge on any atom is -0.480 e. The highest BCUT2D eigenvalue weighted by Gasteiger charge is 2.38. The molecule has 3 amide bonds. The third-order valence-electron chi connectivity index (χ3n) is 5.44. The van der Waals surface area contributed by atoms with E-state index >= 15 is 0 Å². The fourth-order valence-electron chi connectivity index (χ4n) is 3.63. The quantitative estimate of drug-likeness (QED) is 0.204. The summed E-state index contributed by atoms with van der Waals surface area (Å²) < 4.78 is 0. The van der Waals surface area contributed by atoms with Gasteiger partial charge in [0.1, 0.15) is 18.1 Å². The van der Waals surface area contributed by atoms with Crippen molar-refractivity contribution in [2.24, 2.45) is 5.73 Å². The Kier molecular flexibility index (Phi) is 10.1. The zero-order valence-corrected chi connectivity index (χ0v) is 19.5. The van der Waals surface area contributed by atoms with Crippen LogP contribution in [0.1, 0.15) is 31.9 Å². The van der Waals surface area contributed by atoms with Crippen molar-refractivity contribution >= 4 is 35.5 Å². The van der Waals surface area contributed by atoms with Crippen LogP contribution in [0.4, 0.5) is 0 Å². The average Bonchev–Trinajstić information content (AvgIpc) is 3.45. The van der Waals surface area contributed by atoms with Crippen LogP contribution >= 0.6 is 11.8 Å². The molecule has 13 heteroatoms. The Bertz CT molecular complexity index is 820. The van der Waals surface area contributed by atoms with E-state index in [0.29, 0.717) is 30.8 Å². The molecule has 0 aromatic carbocycles. The molecule has 2 heterocycles. The number of amides is 3. The third kappa shape index (κ3) is 7.44. The van der Waals surface area contributed by atoms with Crippen LogP contribution in [-0.4, -0.2) is 97.6 Å². The average molecular weight is 485 g/mol. The lowest BCUT2D eigenvalue weighted by atomic mass is 10.1. The third-order valence-corrected chi connectivity index (χ3v) is 6.08. The molecule has 0 radical (unpaired) electrons. The van der Waals surface area contributed by atoms with E-state index in [9.17, 15) is 29.4 Å². The molecule has 1 aromatic rings. The number of aliphatic hydroxyl groups excluding tert-OH is 1. The predicted octanol–water partition coefficient (Wildman–Crippen LogP) is -1.54. The summed E-state index contributed by atoms with van der Waals surface area (Å²) in [4.78, 5) is 57.9. The summed E-state index contributed by atoms with van der Waals surface area (Å²) in [5, 5.41) is 24.5. The Balaban J connectivity index is 2.07. The van der Waals surface area contributed by atoms with Gasteiger partial charge in [0.25, 0.3) is 0 Å². The highest BCUT2D eigenvalue weighted by Crippen LogP contribution is 2.20. The van der Waals surface area contributed by atoms with Gasteiger partial charge in [-0.1, -0.05) is 0 Å². The van der Waals surface area contributed by atoms with Crippen molar-refractivity contribution in [3.8, 4) is 0 Å². The maximum atomic E-state index is 13.1. The van der Waals surface area contributed by atoms with Crippen LogP contribution in [0.3, 0.4) is 0 Å². The largest absolute Gasteiger partial charge is 0.480 e. The smallest absolute Gasteiger partial charge is 0.326 e. The molecule has 0 saturated carbocycles. The van der Waals surface area contributed by atoms with Crippen molar-refractivity contribution in [3.63, 3.8) is 0 Å². The first kappa shape index (κ1) is 26.6. The number of carboxylic acids is 1. The number of aliphatic carboxylic acids is 1. The summed E-state index contributed by atoms with van der Waals surface area (Å²) in [5.74, 6) is -2.44. The number of carbonyl (C=O) groups excluding carboxylic acids is 3. The second-order valence-electron chi connectivity index (χ2n) is 7.98. The number of thioether (sulfide) groups is 1. The number of rotatable bonds is 12. The van der Waals surface area contributed by atoms with Gasteiger partial charge >= 0.3 is 5.97 Å². The van der Waals surface area contributed by atoms with Gasteiger partial charge in [0, 0.05) is 24.9 Å². The molecule has 1 aliphatic rings. The highest BCUT2D eigenvalue weighted by atomic mass is 32.2. The molecule has 0 aliphatic carbocycles. The molecule has 0 spiro atoms. The summed E-state index contributed by atoms with van der Waals surface area (Å²) in [7, 11) is 0. The Morgan fingerprint density at radius 2 is 2.06 bits per heavy atom. The van der Waals surface area contributed by atoms with Crippen molar-refractivity contribution in [1.29, 1.82) is 0 Å². The molecule has 1 aromatic heterocycles. The molecule has 12 nitrogen and oxygen atoms in total. The van der Waals surface area contributed by atoms with Gasteiger partial charge in [-0.3, -0.25) is 14.4 Å². The van der Waals surface area contributed by atoms with Gasteiger partial charge in [-0.2, -0.15) is 11.8 Å². The first-order chi connectivity index (χ1) is 15.6. The number of nitrogens with two attached hydrogens (primary N) is 1. The van der Waals surface area contributed by atoms with Gasteiger partial charge in [0.15, 0.2) is 0 Å². The molecular weight excluding hydrogens is 452 g/mol. The first-order valence-corrected chi connectivity index (χ1v) is 12.1. The van der Waals surface area contributed by atoms with E-state index in [2.05, 4.69) is 20.6 Å². The number of aromatic amines is 1. The molecule has 1 fully saturated rings. The van der Waals surface area contributed by atoms with Crippen LogP contribution in [-0.2, 0) is 25.6 Å². The van der Waals surface area contributed by atoms with Crippen LogP contribution in [0.25, 0.3) is 0 Å². The van der Waals surface area contributed by atoms with E-state index in [4.69, 9.17) is 5.73 Å². The van der Waals surface area contributed by atoms with Gasteiger partial charge in [0.2, 0.25) is 17.7 Å². The monoisotopic (exact) mass is 484 g/mol. The van der Waals surface area contributed by atoms with Crippen molar-refractivity contribution in [2.75, 3.05) is 18.6 Å². The van der Waals surface area contributed by atoms with Crippen molar-refractivity contribution in [2.45, 2.75) is 62.9 Å². The second kappa shape index (κ2) is 12.6. The Morgan fingerprint density at radius 1 is 1.33 bits per heavy atom. The SMILES string of the molecule is CSCCC(NC(=O)C(NC(=O)C(N)Cc1cnc[nH]1)C(C)O)C(=O)N1CCCC1C(=O)O. The van der Waals surface area contributed by atoms with Gasteiger partial charge in [-0.25, -0.2) is 9.78 Å². The van der Waals surface area contributed by atoms with E-state index in [0.717, 1.165) is 0 Å². The zero-order chi connectivity index (χ0) is 24.5. The number of hydrogen-bond donors (Lipinski definition) is 6. The highest BCUT2D eigenvalue weighted by molar-refractivity contribution is 7.98. The molecule has 5 atom stereocenters. The van der Waals surface area contributed by atoms with Gasteiger partial charge in [-0.15, -0.1) is 0 Å². The van der Waals surface area contributed by atoms with Crippen LogP contribution in [0, 0.1) is 0 Å². The second-order valence-corrected chi connectivity index (χ2v) is 8.97. The molecule has 7 N–H and O–H groups in total. The lowest BCUT2D eigenvalue weighted by Gasteiger charge is -2.29. The number of imidazole rings is 1. The molecule has 1 saturated heterocycles. The Labute approximate surface area is 196 Å². The number of aromatic nitrogens is 2. The fraction of sp³-hybridized carbons (Fsp3) is 0.650. The first-order valence-electron chi connectivity index (χ1n) is 10.7. The lowest BCUT2D eigenvalue weighted by Crippen LogP contribution is -2.60. The van der Waals surface area contributed by atoms with Crippen LogP contribution < -0.4 is 16.4 Å².